The van der Waals surface area contributed by atoms with Crippen LogP contribution in [0.15, 0.2) is 94.7 Å². The van der Waals surface area contributed by atoms with Crippen molar-refractivity contribution in [1.29, 1.82) is 0 Å². The summed E-state index contributed by atoms with van der Waals surface area (Å²) in [7, 11) is 0. The molecule has 0 unspecified atom stereocenters. The van der Waals surface area contributed by atoms with Gasteiger partial charge in [-0.15, -0.1) is 0 Å². The minimum Gasteiger partial charge on any atom is -0.0901 e. The Kier molecular flexibility index (Phi) is 4.41. The van der Waals surface area contributed by atoms with Crippen LogP contribution >= 0.6 is 11.8 Å². The molecule has 0 radical (unpaired) electrons. The van der Waals surface area contributed by atoms with Gasteiger partial charge in [-0.25, -0.2) is 0 Å². The van der Waals surface area contributed by atoms with E-state index in [1.54, 1.807) is 11.8 Å². The van der Waals surface area contributed by atoms with Crippen LogP contribution in [0.25, 0.3) is 0 Å². The average molecular weight is 286 g/mol. The van der Waals surface area contributed by atoms with Gasteiger partial charge in [-0.2, -0.15) is 0 Å². The molecule has 0 aliphatic carbocycles. The minimum absolute atomic E-state index is 1.04. The fraction of sp³-hybridized carbons (Fsp3) is 0. The van der Waals surface area contributed by atoms with Crippen molar-refractivity contribution < 1.29 is 0 Å². The molecule has 0 bridgehead atoms. The van der Waals surface area contributed by atoms with Gasteiger partial charge in [0, 0.05) is 20.9 Å². The third kappa shape index (κ3) is 4.02. The highest BCUT2D eigenvalue weighted by Gasteiger charge is 1.96. The third-order valence-corrected chi connectivity index (χ3v) is 3.97. The fourth-order valence-electron chi connectivity index (χ4n) is 1.90. The van der Waals surface area contributed by atoms with Gasteiger partial charge in [0.15, 0.2) is 0 Å². The molecule has 0 atom stereocenters. The highest BCUT2D eigenvalue weighted by atomic mass is 32.2. The molecular weight excluding hydrogens is 272 g/mol. The van der Waals surface area contributed by atoms with Gasteiger partial charge in [-0.1, -0.05) is 60.0 Å². The Bertz CT molecular complexity index is 748. The summed E-state index contributed by atoms with van der Waals surface area (Å²) in [5.41, 5.74) is 2.08. The maximum atomic E-state index is 3.19. The van der Waals surface area contributed by atoms with E-state index in [4.69, 9.17) is 0 Å². The van der Waals surface area contributed by atoms with Crippen molar-refractivity contribution >= 4 is 11.8 Å². The van der Waals surface area contributed by atoms with Crippen molar-refractivity contribution in [3.8, 4) is 11.8 Å². The molecule has 0 N–H and O–H groups in total. The summed E-state index contributed by atoms with van der Waals surface area (Å²) >= 11 is 1.76. The van der Waals surface area contributed by atoms with Crippen LogP contribution in [-0.4, -0.2) is 0 Å². The lowest BCUT2D eigenvalue weighted by Gasteiger charge is -2.01. The lowest BCUT2D eigenvalue weighted by atomic mass is 10.2. The summed E-state index contributed by atoms with van der Waals surface area (Å²) in [5.74, 6) is 6.37. The zero-order chi connectivity index (χ0) is 14.3. The third-order valence-electron chi connectivity index (χ3n) is 2.96. The van der Waals surface area contributed by atoms with Gasteiger partial charge in [0.25, 0.3) is 0 Å². The van der Waals surface area contributed by atoms with Crippen molar-refractivity contribution in [2.75, 3.05) is 0 Å². The maximum absolute atomic E-state index is 3.19. The normalized spacial score (nSPS) is 9.71. The molecule has 0 aliphatic rings. The second-order valence-corrected chi connectivity index (χ2v) is 5.70. The highest BCUT2D eigenvalue weighted by molar-refractivity contribution is 7.99. The first-order valence-electron chi connectivity index (χ1n) is 6.80. The van der Waals surface area contributed by atoms with Gasteiger partial charge < -0.3 is 0 Å². The molecule has 0 aliphatic heterocycles. The van der Waals surface area contributed by atoms with Crippen LogP contribution in [0, 0.1) is 11.8 Å². The molecule has 0 aromatic heterocycles. The number of hydrogen-bond donors (Lipinski definition) is 0. The Morgan fingerprint density at radius 2 is 0.952 bits per heavy atom. The number of benzene rings is 3. The predicted molar refractivity (Wildman–Crippen MR) is 89.4 cm³/mol. The lowest BCUT2D eigenvalue weighted by Crippen LogP contribution is -1.77. The van der Waals surface area contributed by atoms with Crippen LogP contribution < -0.4 is 0 Å². The van der Waals surface area contributed by atoms with E-state index in [1.807, 2.05) is 36.4 Å². The predicted octanol–water partition coefficient (Wildman–Crippen LogP) is 5.24. The van der Waals surface area contributed by atoms with Crippen LogP contribution in [0.3, 0.4) is 0 Å². The van der Waals surface area contributed by atoms with Gasteiger partial charge in [-0.05, 0) is 48.5 Å². The molecule has 0 saturated heterocycles. The summed E-state index contributed by atoms with van der Waals surface area (Å²) in [6, 6.07) is 28.8. The molecule has 1 heteroatoms. The van der Waals surface area contributed by atoms with Crippen LogP contribution in [-0.2, 0) is 0 Å². The van der Waals surface area contributed by atoms with Crippen molar-refractivity contribution in [3.05, 3.63) is 96.1 Å². The van der Waals surface area contributed by atoms with Crippen LogP contribution in [0.2, 0.25) is 0 Å². The summed E-state index contributed by atoms with van der Waals surface area (Å²) < 4.78 is 0. The molecule has 0 nitrogen and oxygen atoms in total. The van der Waals surface area contributed by atoms with Crippen LogP contribution in [0.1, 0.15) is 11.1 Å². The van der Waals surface area contributed by atoms with Crippen LogP contribution in [0.5, 0.6) is 0 Å². The van der Waals surface area contributed by atoms with Gasteiger partial charge in [-0.3, -0.25) is 0 Å². The number of hydrogen-bond acceptors (Lipinski definition) is 1. The van der Waals surface area contributed by atoms with Crippen molar-refractivity contribution in [1.82, 2.24) is 0 Å². The largest absolute Gasteiger partial charge is 0.0901 e. The molecular formula is C20H14S. The molecule has 3 rings (SSSR count). The van der Waals surface area contributed by atoms with E-state index in [0.29, 0.717) is 0 Å². The fourth-order valence-corrected chi connectivity index (χ4v) is 2.73. The van der Waals surface area contributed by atoms with E-state index < -0.39 is 0 Å². The summed E-state index contributed by atoms with van der Waals surface area (Å²) in [6.45, 7) is 0. The molecule has 3 aromatic rings. The smallest absolute Gasteiger partial charge is 0.0249 e. The molecule has 3 aromatic carbocycles. The molecule has 0 heterocycles. The lowest BCUT2D eigenvalue weighted by molar-refractivity contribution is 1.40. The Morgan fingerprint density at radius 1 is 0.476 bits per heavy atom. The Labute approximate surface area is 129 Å². The molecule has 21 heavy (non-hydrogen) atoms. The second kappa shape index (κ2) is 6.83. The minimum atomic E-state index is 1.04. The first kappa shape index (κ1) is 13.5. The Hall–Kier alpha value is -2.43. The van der Waals surface area contributed by atoms with E-state index in [9.17, 15) is 0 Å². The van der Waals surface area contributed by atoms with Gasteiger partial charge in [0.2, 0.25) is 0 Å². The van der Waals surface area contributed by atoms with Gasteiger partial charge in [0.05, 0.1) is 0 Å². The first-order valence-corrected chi connectivity index (χ1v) is 7.62. The zero-order valence-electron chi connectivity index (χ0n) is 11.5. The molecule has 0 amide bonds. The van der Waals surface area contributed by atoms with E-state index in [2.05, 4.69) is 60.4 Å². The highest BCUT2D eigenvalue weighted by Crippen LogP contribution is 2.27. The van der Waals surface area contributed by atoms with Gasteiger partial charge >= 0.3 is 0 Å². The van der Waals surface area contributed by atoms with Crippen molar-refractivity contribution in [2.45, 2.75) is 9.79 Å². The van der Waals surface area contributed by atoms with Crippen molar-refractivity contribution in [2.24, 2.45) is 0 Å². The topological polar surface area (TPSA) is 0 Å². The monoisotopic (exact) mass is 286 g/mol. The number of rotatable bonds is 2. The first-order chi connectivity index (χ1) is 10.4. The second-order valence-electron chi connectivity index (χ2n) is 4.56. The van der Waals surface area contributed by atoms with E-state index in [-0.39, 0.29) is 0 Å². The summed E-state index contributed by atoms with van der Waals surface area (Å²) in [5, 5.41) is 0. The molecule has 100 valence electrons. The quantitative estimate of drug-likeness (QED) is 0.581. The Morgan fingerprint density at radius 3 is 1.57 bits per heavy atom. The van der Waals surface area contributed by atoms with E-state index in [1.165, 1.54) is 9.79 Å². The maximum Gasteiger partial charge on any atom is 0.0249 e. The summed E-state index contributed by atoms with van der Waals surface area (Å²) in [4.78, 5) is 2.48. The van der Waals surface area contributed by atoms with E-state index >= 15 is 0 Å². The zero-order valence-corrected chi connectivity index (χ0v) is 12.3. The molecule has 0 fully saturated rings. The van der Waals surface area contributed by atoms with Crippen LogP contribution in [0.4, 0.5) is 0 Å². The molecule has 0 spiro atoms. The Balaban J connectivity index is 1.72. The SMILES string of the molecule is C(#Cc1ccc(Sc2ccccc2)cc1)c1ccccc1. The van der Waals surface area contributed by atoms with Gasteiger partial charge in [0.1, 0.15) is 0 Å². The van der Waals surface area contributed by atoms with E-state index in [0.717, 1.165) is 11.1 Å². The van der Waals surface area contributed by atoms with Crippen molar-refractivity contribution in [3.63, 3.8) is 0 Å². The molecule has 0 saturated carbocycles. The standard InChI is InChI=1S/C20H14S/c1-3-7-17(8-4-1)11-12-18-13-15-20(16-14-18)21-19-9-5-2-6-10-19/h1-10,13-16H. The summed E-state index contributed by atoms with van der Waals surface area (Å²) in [6.07, 6.45) is 0. The average Bonchev–Trinajstić information content (AvgIpc) is 2.56.